The van der Waals surface area contributed by atoms with Gasteiger partial charge in [0.25, 0.3) is 0 Å². The number of hydrogen-bond donors (Lipinski definition) is 3. The van der Waals surface area contributed by atoms with Crippen molar-refractivity contribution in [3.05, 3.63) is 72.7 Å². The highest BCUT2D eigenvalue weighted by molar-refractivity contribution is 5.77. The van der Waals surface area contributed by atoms with E-state index < -0.39 is 0 Å². The predicted octanol–water partition coefficient (Wildman–Crippen LogP) is 4.24. The van der Waals surface area contributed by atoms with Gasteiger partial charge >= 0.3 is 5.97 Å². The van der Waals surface area contributed by atoms with Crippen LogP contribution in [0.3, 0.4) is 0 Å². The predicted molar refractivity (Wildman–Crippen MR) is 155 cm³/mol. The van der Waals surface area contributed by atoms with Gasteiger partial charge in [0, 0.05) is 49.1 Å². The lowest BCUT2D eigenvalue weighted by Crippen LogP contribution is -2.55. The number of carbonyl (C=O) groups excluding carboxylic acids is 1. The summed E-state index contributed by atoms with van der Waals surface area (Å²) in [5.41, 5.74) is 3.49. The fourth-order valence-electron chi connectivity index (χ4n) is 4.23. The van der Waals surface area contributed by atoms with Crippen LogP contribution in [0.15, 0.2) is 67.0 Å². The number of nitrogens with one attached hydrogen (secondary N) is 3. The van der Waals surface area contributed by atoms with Crippen molar-refractivity contribution >= 4 is 34.9 Å². The summed E-state index contributed by atoms with van der Waals surface area (Å²) >= 11 is 0. The topological polar surface area (TPSA) is 130 Å². The molecule has 1 saturated heterocycles. The molecule has 3 aromatic heterocycles. The molecule has 0 saturated carbocycles. The fraction of sp³-hybridized carbons (Fsp3) is 0.310. The van der Waals surface area contributed by atoms with Crippen LogP contribution >= 0.6 is 0 Å². The fourth-order valence-corrected chi connectivity index (χ4v) is 4.23. The van der Waals surface area contributed by atoms with E-state index in [2.05, 4.69) is 45.8 Å². The van der Waals surface area contributed by atoms with Crippen LogP contribution in [-0.4, -0.2) is 62.7 Å². The minimum atomic E-state index is -0.344. The molecule has 2 atom stereocenters. The van der Waals surface area contributed by atoms with Crippen LogP contribution in [0.2, 0.25) is 0 Å². The molecule has 1 aromatic carbocycles. The van der Waals surface area contributed by atoms with Crippen LogP contribution in [-0.2, 0) is 9.53 Å². The lowest BCUT2D eigenvalue weighted by Gasteiger charge is -2.34. The zero-order valence-corrected chi connectivity index (χ0v) is 22.8. The van der Waals surface area contributed by atoms with Gasteiger partial charge in [0.15, 0.2) is 5.82 Å². The van der Waals surface area contributed by atoms with Crippen LogP contribution in [0.25, 0.3) is 11.5 Å². The van der Waals surface area contributed by atoms with Gasteiger partial charge in [0.05, 0.1) is 6.10 Å². The summed E-state index contributed by atoms with van der Waals surface area (Å²) in [4.78, 5) is 37.0. The van der Waals surface area contributed by atoms with Crippen molar-refractivity contribution in [2.24, 2.45) is 0 Å². The Bertz CT molecular complexity index is 1450. The Hall–Kier alpha value is -4.64. The number of aromatic nitrogens is 5. The second-order valence-corrected chi connectivity index (χ2v) is 9.60. The molecule has 0 spiro atoms. The van der Waals surface area contributed by atoms with Crippen molar-refractivity contribution in [1.82, 2.24) is 30.2 Å². The van der Waals surface area contributed by atoms with Crippen molar-refractivity contribution in [3.63, 3.8) is 0 Å². The van der Waals surface area contributed by atoms with E-state index in [4.69, 9.17) is 4.74 Å². The number of pyridine rings is 1. The number of rotatable bonds is 9. The Morgan fingerprint density at radius 3 is 2.58 bits per heavy atom. The van der Waals surface area contributed by atoms with Crippen molar-refractivity contribution in [2.45, 2.75) is 39.3 Å². The molecular weight excluding hydrogens is 506 g/mol. The van der Waals surface area contributed by atoms with Gasteiger partial charge in [-0.05, 0) is 68.8 Å². The molecule has 11 nitrogen and oxygen atoms in total. The minimum Gasteiger partial charge on any atom is -0.461 e. The molecule has 1 fully saturated rings. The molecule has 0 amide bonds. The summed E-state index contributed by atoms with van der Waals surface area (Å²) in [7, 11) is 0. The highest BCUT2D eigenvalue weighted by Gasteiger charge is 2.27. The van der Waals surface area contributed by atoms with Gasteiger partial charge in [-0.3, -0.25) is 4.79 Å². The number of esters is 1. The average Bonchev–Trinajstić information content (AvgIpc) is 2.98. The SMILES string of the molecule is CC[C@H](C)OC(=O)C1CN(c2ccc(Nc3nccc(Nc4ccnc(-c5cccc(C)n5)n4)n3)cc2)CCN1. The molecule has 0 radical (unpaired) electrons. The van der Waals surface area contributed by atoms with Crippen LogP contribution < -0.4 is 20.9 Å². The molecular formula is C29H33N9O2. The summed E-state index contributed by atoms with van der Waals surface area (Å²) in [6.07, 6.45) is 4.08. The maximum atomic E-state index is 12.5. The molecule has 1 unspecified atom stereocenters. The third kappa shape index (κ3) is 6.86. The lowest BCUT2D eigenvalue weighted by molar-refractivity contribution is -0.150. The molecule has 1 aliphatic heterocycles. The second kappa shape index (κ2) is 12.5. The van der Waals surface area contributed by atoms with Crippen LogP contribution in [0, 0.1) is 6.92 Å². The molecule has 0 aliphatic carbocycles. The number of piperazine rings is 1. The highest BCUT2D eigenvalue weighted by atomic mass is 16.5. The molecule has 40 heavy (non-hydrogen) atoms. The number of carbonyl (C=O) groups is 1. The number of benzene rings is 1. The van der Waals surface area contributed by atoms with Gasteiger partial charge in [0.2, 0.25) is 5.95 Å². The van der Waals surface area contributed by atoms with Crippen LogP contribution in [0.1, 0.15) is 26.0 Å². The Morgan fingerprint density at radius 1 is 1.02 bits per heavy atom. The molecule has 11 heteroatoms. The molecule has 3 N–H and O–H groups in total. The average molecular weight is 540 g/mol. The summed E-state index contributed by atoms with van der Waals surface area (Å²) in [5.74, 6) is 1.97. The van der Waals surface area contributed by atoms with E-state index in [1.807, 2.05) is 63.2 Å². The number of hydrogen-bond acceptors (Lipinski definition) is 11. The Labute approximate surface area is 233 Å². The first-order valence-electron chi connectivity index (χ1n) is 13.4. The Morgan fingerprint density at radius 2 is 1.80 bits per heavy atom. The Kier molecular flexibility index (Phi) is 8.41. The molecule has 1 aliphatic rings. The third-order valence-electron chi connectivity index (χ3n) is 6.53. The van der Waals surface area contributed by atoms with Crippen molar-refractivity contribution in [2.75, 3.05) is 35.2 Å². The second-order valence-electron chi connectivity index (χ2n) is 9.60. The van der Waals surface area contributed by atoms with E-state index in [-0.39, 0.29) is 18.1 Å². The normalized spacial score (nSPS) is 15.8. The lowest BCUT2D eigenvalue weighted by atomic mass is 10.1. The maximum absolute atomic E-state index is 12.5. The van der Waals surface area contributed by atoms with Crippen molar-refractivity contribution in [3.8, 4) is 11.5 Å². The van der Waals surface area contributed by atoms with Gasteiger partial charge in [-0.25, -0.2) is 19.9 Å². The van der Waals surface area contributed by atoms with Crippen molar-refractivity contribution in [1.29, 1.82) is 0 Å². The van der Waals surface area contributed by atoms with E-state index in [0.29, 0.717) is 42.2 Å². The first-order chi connectivity index (χ1) is 19.5. The quantitative estimate of drug-likeness (QED) is 0.264. The van der Waals surface area contributed by atoms with E-state index in [1.54, 1.807) is 24.5 Å². The Balaban J connectivity index is 1.21. The summed E-state index contributed by atoms with van der Waals surface area (Å²) in [5, 5.41) is 9.73. The van der Waals surface area contributed by atoms with E-state index in [9.17, 15) is 4.79 Å². The molecule has 206 valence electrons. The van der Waals surface area contributed by atoms with Crippen LogP contribution in [0.5, 0.6) is 0 Å². The number of anilines is 5. The zero-order chi connectivity index (χ0) is 27.9. The van der Waals surface area contributed by atoms with Crippen LogP contribution in [0.4, 0.5) is 29.0 Å². The standard InChI is InChI=1S/C29H33N9O2/c1-4-20(3)40-28(39)24-18-38(17-16-30-24)22-10-8-21(9-11-22)34-29-32-15-13-26(37-29)35-25-12-14-31-27(36-25)23-7-5-6-19(2)33-23/h5-15,20,24,30H,4,16-18H2,1-3H3,(H2,31,32,34,35,36,37)/t20-,24?/m0/s1. The zero-order valence-electron chi connectivity index (χ0n) is 22.8. The molecule has 0 bridgehead atoms. The molecule has 4 heterocycles. The smallest absolute Gasteiger partial charge is 0.325 e. The third-order valence-corrected chi connectivity index (χ3v) is 6.53. The molecule has 5 rings (SSSR count). The maximum Gasteiger partial charge on any atom is 0.325 e. The van der Waals surface area contributed by atoms with E-state index >= 15 is 0 Å². The van der Waals surface area contributed by atoms with E-state index in [0.717, 1.165) is 30.0 Å². The summed E-state index contributed by atoms with van der Waals surface area (Å²) in [6, 6.07) is 16.9. The molecule has 4 aromatic rings. The van der Waals surface area contributed by atoms with E-state index in [1.165, 1.54) is 0 Å². The summed E-state index contributed by atoms with van der Waals surface area (Å²) in [6.45, 7) is 7.93. The largest absolute Gasteiger partial charge is 0.461 e. The number of nitrogens with zero attached hydrogens (tertiary/aromatic N) is 6. The van der Waals surface area contributed by atoms with Gasteiger partial charge in [-0.1, -0.05) is 13.0 Å². The number of ether oxygens (including phenoxy) is 1. The van der Waals surface area contributed by atoms with Gasteiger partial charge in [0.1, 0.15) is 23.4 Å². The first kappa shape index (κ1) is 26.9. The first-order valence-corrected chi connectivity index (χ1v) is 13.4. The summed E-state index contributed by atoms with van der Waals surface area (Å²) < 4.78 is 5.52. The van der Waals surface area contributed by atoms with Gasteiger partial charge < -0.3 is 25.6 Å². The minimum absolute atomic E-state index is 0.0830. The monoisotopic (exact) mass is 539 g/mol. The highest BCUT2D eigenvalue weighted by Crippen LogP contribution is 2.23. The van der Waals surface area contributed by atoms with Crippen molar-refractivity contribution < 1.29 is 9.53 Å². The van der Waals surface area contributed by atoms with Gasteiger partial charge in [-0.15, -0.1) is 0 Å². The number of aryl methyl sites for hydroxylation is 1. The van der Waals surface area contributed by atoms with Gasteiger partial charge in [-0.2, -0.15) is 4.98 Å².